The van der Waals surface area contributed by atoms with Crippen molar-refractivity contribution in [3.05, 3.63) is 108 Å². The molecule has 0 radical (unpaired) electrons. The molecular formula is C27H23N. The van der Waals surface area contributed by atoms with Crippen molar-refractivity contribution in [3.8, 4) is 22.3 Å². The maximum absolute atomic E-state index is 9.10. The van der Waals surface area contributed by atoms with E-state index in [0.717, 1.165) is 0 Å². The van der Waals surface area contributed by atoms with Gasteiger partial charge in [-0.15, -0.1) is 0 Å². The summed E-state index contributed by atoms with van der Waals surface area (Å²) in [7, 11) is 0. The molecule has 0 amide bonds. The van der Waals surface area contributed by atoms with E-state index in [9.17, 15) is 0 Å². The first-order valence-corrected chi connectivity index (χ1v) is 8.00. The zero-order valence-corrected chi connectivity index (χ0v) is 14.0. The minimum atomic E-state index is -3.67. The average Bonchev–Trinajstić information content (AvgIpc) is 3.38. The molecule has 1 N–H and O–H groups in total. The number of nitrogens with one attached hydrogen (secondary N) is 1. The number of anilines is 2. The first kappa shape index (κ1) is 5.39. The van der Waals surface area contributed by atoms with Crippen LogP contribution < -0.4 is 5.32 Å². The van der Waals surface area contributed by atoms with Crippen LogP contribution in [-0.2, 0) is 5.41 Å². The zero-order chi connectivity index (χ0) is 38.1. The normalized spacial score (nSPS) is 25.7. The van der Waals surface area contributed by atoms with E-state index >= 15 is 0 Å². The molecule has 0 aromatic heterocycles. The third-order valence-corrected chi connectivity index (χ3v) is 4.12. The Hall–Kier alpha value is -3.32. The highest BCUT2D eigenvalue weighted by atomic mass is 14.9. The Morgan fingerprint density at radius 2 is 1.29 bits per heavy atom. The predicted octanol–water partition coefficient (Wildman–Crippen LogP) is 7.40. The van der Waals surface area contributed by atoms with Crippen molar-refractivity contribution in [2.24, 2.45) is 0 Å². The van der Waals surface area contributed by atoms with Crippen LogP contribution in [0.3, 0.4) is 0 Å². The van der Waals surface area contributed by atoms with E-state index in [1.54, 1.807) is 0 Å². The van der Waals surface area contributed by atoms with Crippen molar-refractivity contribution in [2.75, 3.05) is 5.32 Å². The molecule has 4 aromatic rings. The Labute approximate surface area is 197 Å². The maximum atomic E-state index is 9.10. The lowest BCUT2D eigenvalue weighted by molar-refractivity contribution is 0.660. The highest BCUT2D eigenvalue weighted by Crippen LogP contribution is 2.49. The first-order chi connectivity index (χ1) is 22.8. The number of benzene rings is 4. The highest BCUT2D eigenvalue weighted by molar-refractivity contribution is 5.83. The Morgan fingerprint density at radius 3 is 2.07 bits per heavy atom. The summed E-state index contributed by atoms with van der Waals surface area (Å²) < 4.78 is 185. The second-order valence-corrected chi connectivity index (χ2v) is 5.88. The number of hydrogen-bond acceptors (Lipinski definition) is 1. The van der Waals surface area contributed by atoms with Crippen LogP contribution in [0.25, 0.3) is 22.3 Å². The van der Waals surface area contributed by atoms with Gasteiger partial charge < -0.3 is 5.32 Å². The molecule has 1 heteroatoms. The Bertz CT molecular complexity index is 2110. The van der Waals surface area contributed by atoms with Gasteiger partial charge in [0.1, 0.15) is 0 Å². The second-order valence-electron chi connectivity index (χ2n) is 5.88. The molecule has 1 aliphatic rings. The van der Waals surface area contributed by atoms with Crippen LogP contribution in [-0.4, -0.2) is 0 Å². The van der Waals surface area contributed by atoms with Gasteiger partial charge in [0.2, 0.25) is 0 Å². The monoisotopic (exact) mass is 383 g/mol. The van der Waals surface area contributed by atoms with Gasteiger partial charge in [0, 0.05) is 25.0 Å². The van der Waals surface area contributed by atoms with Gasteiger partial charge in [-0.05, 0) is 57.6 Å². The van der Waals surface area contributed by atoms with E-state index < -0.39 is 161 Å². The minimum absolute atomic E-state index is 0.647. The van der Waals surface area contributed by atoms with Gasteiger partial charge in [-0.25, -0.2) is 0 Å². The van der Waals surface area contributed by atoms with Crippen molar-refractivity contribution in [2.45, 2.75) is 19.1 Å². The Morgan fingerprint density at radius 1 is 0.643 bits per heavy atom. The lowest BCUT2D eigenvalue weighted by Crippen LogP contribution is -2.15. The SMILES string of the molecule is [2H]c1c([2H])c([2H])c(-c2c([2H])c([2H])c(Nc3c([2H])c([2H])c4c(c3[2H])C(C([2H])([2H])[2H])(C([2H])([2H])[2H])c3c([2H])c([2H])c([2H])c([2H])c3-4)c([2H])c2[2H])c([2H])c1[2H]. The van der Waals surface area contributed by atoms with Gasteiger partial charge in [-0.3, -0.25) is 0 Å². The molecular weight excluding hydrogens is 338 g/mol. The lowest BCUT2D eigenvalue weighted by Gasteiger charge is -2.22. The standard InChI is InChI=1S/C27H23N/c1-27(2)25-11-7-6-10-23(25)24-17-16-22(18-26(24)27)28-21-14-12-20(13-15-21)19-8-4-3-5-9-19/h3-18,28H,1-2H3/i1D3,2D3,3D,4D,5D,6D,7D,8D,9D,10D,11D,12D,13D,14D,15D,16D,17D,18D. The summed E-state index contributed by atoms with van der Waals surface area (Å²) in [6, 6.07) is -14.6. The zero-order valence-electron chi connectivity index (χ0n) is 36.0. The lowest BCUT2D eigenvalue weighted by atomic mass is 9.82. The molecule has 28 heavy (non-hydrogen) atoms. The molecule has 0 bridgehead atoms. The van der Waals surface area contributed by atoms with Crippen molar-refractivity contribution in [1.29, 1.82) is 0 Å². The summed E-state index contributed by atoms with van der Waals surface area (Å²) in [5, 5.41) is 2.35. The number of fused-ring (bicyclic) bond motifs is 3. The molecule has 1 aliphatic carbocycles. The van der Waals surface area contributed by atoms with E-state index in [-0.39, 0.29) is 0 Å². The highest BCUT2D eigenvalue weighted by Gasteiger charge is 2.35. The van der Waals surface area contributed by atoms with Crippen LogP contribution in [0.4, 0.5) is 11.4 Å². The van der Waals surface area contributed by atoms with Crippen LogP contribution in [0.15, 0.2) is 96.7 Å². The van der Waals surface area contributed by atoms with Crippen LogP contribution in [0.1, 0.15) is 55.0 Å². The number of hydrogen-bond donors (Lipinski definition) is 1. The first-order valence-electron chi connectivity index (χ1n) is 19.0. The molecule has 5 rings (SSSR count). The van der Waals surface area contributed by atoms with Crippen LogP contribution in [0.5, 0.6) is 0 Å². The van der Waals surface area contributed by atoms with Gasteiger partial charge >= 0.3 is 0 Å². The molecule has 0 heterocycles. The fourth-order valence-corrected chi connectivity index (χ4v) is 2.84. The molecule has 136 valence electrons. The molecule has 0 fully saturated rings. The van der Waals surface area contributed by atoms with E-state index in [0.29, 0.717) is 0 Å². The summed E-state index contributed by atoms with van der Waals surface area (Å²) in [6.45, 7) is -7.34. The summed E-state index contributed by atoms with van der Waals surface area (Å²) in [4.78, 5) is 0. The summed E-state index contributed by atoms with van der Waals surface area (Å²) in [5.74, 6) is 0. The van der Waals surface area contributed by atoms with Crippen molar-refractivity contribution >= 4 is 11.4 Å². The van der Waals surface area contributed by atoms with E-state index in [1.165, 1.54) is 0 Å². The van der Waals surface area contributed by atoms with Gasteiger partial charge in [0.05, 0.1) is 21.9 Å². The van der Waals surface area contributed by atoms with Crippen LogP contribution in [0.2, 0.25) is 0 Å². The van der Waals surface area contributed by atoms with Crippen molar-refractivity contribution < 1.29 is 30.2 Å². The third kappa shape index (κ3) is 2.71. The topological polar surface area (TPSA) is 12.0 Å². The fourth-order valence-electron chi connectivity index (χ4n) is 2.84. The van der Waals surface area contributed by atoms with Crippen molar-refractivity contribution in [1.82, 2.24) is 0 Å². The van der Waals surface area contributed by atoms with E-state index in [4.69, 9.17) is 30.2 Å². The molecule has 0 aliphatic heterocycles. The molecule has 0 spiro atoms. The molecule has 1 nitrogen and oxygen atoms in total. The summed E-state index contributed by atoms with van der Waals surface area (Å²) >= 11 is 0. The third-order valence-electron chi connectivity index (χ3n) is 4.12. The summed E-state index contributed by atoms with van der Waals surface area (Å²) in [5.41, 5.74) is -9.60. The van der Waals surface area contributed by atoms with E-state index in [1.807, 2.05) is 0 Å². The average molecular weight is 384 g/mol. The quantitative estimate of drug-likeness (QED) is 0.388. The van der Waals surface area contributed by atoms with Gasteiger partial charge in [-0.2, -0.15) is 0 Å². The molecule has 0 atom stereocenters. The van der Waals surface area contributed by atoms with Gasteiger partial charge in [-0.1, -0.05) is 86.2 Å². The molecule has 0 saturated carbocycles. The fraction of sp³-hybridized carbons (Fsp3) is 0.111. The largest absolute Gasteiger partial charge is 0.356 e. The van der Waals surface area contributed by atoms with Gasteiger partial charge in [0.15, 0.2) is 0 Å². The Balaban J connectivity index is 1.89. The van der Waals surface area contributed by atoms with Crippen LogP contribution >= 0.6 is 0 Å². The van der Waals surface area contributed by atoms with E-state index in [2.05, 4.69) is 5.32 Å². The molecule has 0 saturated heterocycles. The number of rotatable bonds is 3. The van der Waals surface area contributed by atoms with Crippen molar-refractivity contribution in [3.63, 3.8) is 0 Å². The maximum Gasteiger partial charge on any atom is 0.0648 e. The van der Waals surface area contributed by atoms with Gasteiger partial charge in [0.25, 0.3) is 0 Å². The minimum Gasteiger partial charge on any atom is -0.356 e. The smallest absolute Gasteiger partial charge is 0.0648 e. The predicted molar refractivity (Wildman–Crippen MR) is 119 cm³/mol. The molecule has 4 aromatic carbocycles. The Kier molecular flexibility index (Phi) is 1.23. The summed E-state index contributed by atoms with van der Waals surface area (Å²) in [6.07, 6.45) is 0. The molecule has 0 unspecified atom stereocenters. The second kappa shape index (κ2) is 6.38. The van der Waals surface area contributed by atoms with Crippen LogP contribution in [0, 0.1) is 0 Å².